The van der Waals surface area contributed by atoms with Crippen molar-refractivity contribution in [1.82, 2.24) is 20.6 Å². The number of hydrogen-bond acceptors (Lipinski definition) is 6. The number of nitrogens with zero attached hydrogens (tertiary/aromatic N) is 2. The van der Waals surface area contributed by atoms with E-state index < -0.39 is 47.9 Å². The highest BCUT2D eigenvalue weighted by Gasteiger charge is 2.45. The Morgan fingerprint density at radius 2 is 2.00 bits per heavy atom. The number of hydrogen-bond donors (Lipinski definition) is 4. The Hall–Kier alpha value is -3.09. The lowest BCUT2D eigenvalue weighted by Crippen LogP contribution is -2.39. The standard InChI is InChI=1S/C26H26BrF4N5O2/c1-33-11-20(15-6-16(27)9-17(28)7-15)36-25(38)18-4-2-13(8-19(18)29)23-24(32)34-12-21(35-23)14-3-5-22(37)26(30,31)10-14/h2,4,6-9,12,14,20,22,33,37H,3,5,10-11H2,1H3,(H2,32,34)(H,36,38)/t14-,20+,22-/m0/s1. The number of aliphatic hydroxyl groups excluding tert-OH is 1. The molecule has 0 radical (unpaired) electrons. The summed E-state index contributed by atoms with van der Waals surface area (Å²) in [4.78, 5) is 21.4. The highest BCUT2D eigenvalue weighted by atomic mass is 79.9. The van der Waals surface area contributed by atoms with Gasteiger partial charge in [0.25, 0.3) is 11.8 Å². The smallest absolute Gasteiger partial charge is 0.274 e. The maximum absolute atomic E-state index is 15.1. The van der Waals surface area contributed by atoms with E-state index in [4.69, 9.17) is 5.73 Å². The zero-order valence-electron chi connectivity index (χ0n) is 20.3. The van der Waals surface area contributed by atoms with Gasteiger partial charge in [-0.25, -0.2) is 27.5 Å². The van der Waals surface area contributed by atoms with E-state index in [1.807, 2.05) is 0 Å². The molecular weight excluding hydrogens is 570 g/mol. The molecule has 202 valence electrons. The predicted molar refractivity (Wildman–Crippen MR) is 138 cm³/mol. The van der Waals surface area contributed by atoms with Crippen LogP contribution in [0.1, 0.15) is 52.8 Å². The molecule has 12 heteroatoms. The van der Waals surface area contributed by atoms with Gasteiger partial charge in [-0.1, -0.05) is 22.0 Å². The van der Waals surface area contributed by atoms with E-state index in [1.165, 1.54) is 30.5 Å². The van der Waals surface area contributed by atoms with Crippen molar-refractivity contribution in [3.63, 3.8) is 0 Å². The SMILES string of the molecule is CNC[C@@H](NC(=O)c1ccc(-c2nc([C@H]3CC[C@H](O)C(F)(F)C3)cnc2N)cc1F)c1cc(F)cc(Br)c1. The molecule has 1 fully saturated rings. The molecule has 3 aromatic rings. The highest BCUT2D eigenvalue weighted by Crippen LogP contribution is 2.42. The largest absolute Gasteiger partial charge is 0.387 e. The van der Waals surface area contributed by atoms with Gasteiger partial charge >= 0.3 is 0 Å². The molecule has 2 aromatic carbocycles. The van der Waals surface area contributed by atoms with E-state index in [9.17, 15) is 23.1 Å². The summed E-state index contributed by atoms with van der Waals surface area (Å²) in [5.74, 6) is -6.00. The summed E-state index contributed by atoms with van der Waals surface area (Å²) in [5.41, 5.74) is 6.76. The third-order valence-corrected chi connectivity index (χ3v) is 6.98. The number of nitrogens with one attached hydrogen (secondary N) is 2. The summed E-state index contributed by atoms with van der Waals surface area (Å²) in [7, 11) is 1.67. The van der Waals surface area contributed by atoms with Crippen LogP contribution in [-0.2, 0) is 0 Å². The van der Waals surface area contributed by atoms with Crippen molar-refractivity contribution < 1.29 is 27.5 Å². The van der Waals surface area contributed by atoms with Crippen molar-refractivity contribution in [2.24, 2.45) is 0 Å². The maximum Gasteiger partial charge on any atom is 0.274 e. The number of rotatable bonds is 7. The van der Waals surface area contributed by atoms with Gasteiger partial charge in [0.1, 0.15) is 29.3 Å². The van der Waals surface area contributed by atoms with Crippen LogP contribution in [0.4, 0.5) is 23.4 Å². The van der Waals surface area contributed by atoms with Crippen LogP contribution < -0.4 is 16.4 Å². The summed E-state index contributed by atoms with van der Waals surface area (Å²) in [6.45, 7) is 0.261. The van der Waals surface area contributed by atoms with E-state index in [1.54, 1.807) is 13.1 Å². The molecule has 0 unspecified atom stereocenters. The molecule has 1 aliphatic rings. The second-order valence-corrected chi connectivity index (χ2v) is 10.2. The minimum absolute atomic E-state index is 0.0290. The van der Waals surface area contributed by atoms with Gasteiger partial charge in [-0.15, -0.1) is 0 Å². The predicted octanol–water partition coefficient (Wildman–Crippen LogP) is 4.72. The molecule has 0 spiro atoms. The number of nitrogen functional groups attached to an aromatic ring is 1. The van der Waals surface area contributed by atoms with Crippen molar-refractivity contribution in [1.29, 1.82) is 0 Å². The molecule has 0 saturated heterocycles. The van der Waals surface area contributed by atoms with Crippen LogP contribution in [0.25, 0.3) is 11.3 Å². The number of benzene rings is 2. The zero-order valence-corrected chi connectivity index (χ0v) is 21.9. The van der Waals surface area contributed by atoms with E-state index in [2.05, 4.69) is 36.5 Å². The second-order valence-electron chi connectivity index (χ2n) is 9.27. The molecule has 38 heavy (non-hydrogen) atoms. The van der Waals surface area contributed by atoms with Gasteiger partial charge < -0.3 is 21.5 Å². The Labute approximate surface area is 225 Å². The summed E-state index contributed by atoms with van der Waals surface area (Å²) in [5, 5.41) is 15.2. The number of anilines is 1. The van der Waals surface area contributed by atoms with E-state index >= 15 is 4.39 Å². The van der Waals surface area contributed by atoms with E-state index in [0.717, 1.165) is 6.07 Å². The van der Waals surface area contributed by atoms with Crippen LogP contribution in [0.2, 0.25) is 0 Å². The van der Waals surface area contributed by atoms with Gasteiger partial charge in [0.15, 0.2) is 0 Å². The van der Waals surface area contributed by atoms with Crippen LogP contribution in [0, 0.1) is 11.6 Å². The summed E-state index contributed by atoms with van der Waals surface area (Å²) in [6, 6.07) is 7.34. The lowest BCUT2D eigenvalue weighted by Gasteiger charge is -2.32. The Kier molecular flexibility index (Phi) is 8.34. The third-order valence-electron chi connectivity index (χ3n) is 6.52. The number of likely N-dealkylation sites (N-methyl/N-ethyl adjacent to an activating group) is 1. The van der Waals surface area contributed by atoms with Gasteiger partial charge in [0.05, 0.1) is 23.5 Å². The highest BCUT2D eigenvalue weighted by molar-refractivity contribution is 9.10. The second kappa shape index (κ2) is 11.3. The molecular formula is C26H26BrF4N5O2. The topological polar surface area (TPSA) is 113 Å². The molecule has 1 heterocycles. The van der Waals surface area contributed by atoms with Crippen LogP contribution in [0.3, 0.4) is 0 Å². The maximum atomic E-state index is 15.1. The van der Waals surface area contributed by atoms with Crippen molar-refractivity contribution in [2.45, 2.75) is 43.2 Å². The van der Waals surface area contributed by atoms with Crippen molar-refractivity contribution >= 4 is 27.7 Å². The molecule has 5 N–H and O–H groups in total. The average Bonchev–Trinajstić information content (AvgIpc) is 2.85. The first-order valence-corrected chi connectivity index (χ1v) is 12.7. The van der Waals surface area contributed by atoms with Crippen LogP contribution >= 0.6 is 15.9 Å². The molecule has 3 atom stereocenters. The fourth-order valence-corrected chi connectivity index (χ4v) is 5.01. The Balaban J connectivity index is 1.57. The number of aliphatic hydroxyl groups is 1. The average molecular weight is 596 g/mol. The number of carbonyl (C=O) groups excluding carboxylic acids is 1. The Morgan fingerprint density at radius 3 is 2.66 bits per heavy atom. The molecule has 1 aliphatic carbocycles. The molecule has 1 aromatic heterocycles. The first-order chi connectivity index (χ1) is 18.0. The molecule has 4 rings (SSSR count). The number of aromatic nitrogens is 2. The van der Waals surface area contributed by atoms with Crippen LogP contribution in [0.5, 0.6) is 0 Å². The number of carbonyl (C=O) groups is 1. The van der Waals surface area contributed by atoms with Gasteiger partial charge in [-0.05, 0) is 55.8 Å². The first kappa shape index (κ1) is 27.9. The molecule has 0 aliphatic heterocycles. The molecule has 0 bridgehead atoms. The van der Waals surface area contributed by atoms with Gasteiger partial charge in [-0.3, -0.25) is 4.79 Å². The summed E-state index contributed by atoms with van der Waals surface area (Å²) < 4.78 is 57.6. The van der Waals surface area contributed by atoms with Crippen molar-refractivity contribution in [2.75, 3.05) is 19.3 Å². The van der Waals surface area contributed by atoms with E-state index in [0.29, 0.717) is 10.0 Å². The number of amides is 1. The Bertz CT molecular complexity index is 1320. The third kappa shape index (κ3) is 6.13. The minimum Gasteiger partial charge on any atom is -0.387 e. The summed E-state index contributed by atoms with van der Waals surface area (Å²) in [6.07, 6.45) is -0.781. The number of halogens is 5. The number of nitrogens with two attached hydrogens (primary N) is 1. The number of alkyl halides is 2. The van der Waals surface area contributed by atoms with Crippen LogP contribution in [-0.4, -0.2) is 46.6 Å². The monoisotopic (exact) mass is 595 g/mol. The van der Waals surface area contributed by atoms with E-state index in [-0.39, 0.29) is 47.7 Å². The van der Waals surface area contributed by atoms with Crippen molar-refractivity contribution in [3.05, 3.63) is 75.5 Å². The fourth-order valence-electron chi connectivity index (χ4n) is 4.53. The minimum atomic E-state index is -3.25. The lowest BCUT2D eigenvalue weighted by atomic mass is 9.83. The Morgan fingerprint density at radius 1 is 1.24 bits per heavy atom. The van der Waals surface area contributed by atoms with Crippen molar-refractivity contribution in [3.8, 4) is 11.3 Å². The normalized spacial score (nSPS) is 19.7. The van der Waals surface area contributed by atoms with Gasteiger partial charge in [-0.2, -0.15) is 0 Å². The quantitative estimate of drug-likeness (QED) is 0.294. The summed E-state index contributed by atoms with van der Waals surface area (Å²) >= 11 is 3.23. The molecule has 1 amide bonds. The van der Waals surface area contributed by atoms with Crippen LogP contribution in [0.15, 0.2) is 47.1 Å². The molecule has 1 saturated carbocycles. The van der Waals surface area contributed by atoms with Gasteiger partial charge in [0.2, 0.25) is 0 Å². The molecule has 7 nitrogen and oxygen atoms in total. The van der Waals surface area contributed by atoms with Gasteiger partial charge in [0, 0.05) is 28.9 Å². The zero-order chi connectivity index (χ0) is 27.6. The first-order valence-electron chi connectivity index (χ1n) is 11.9. The fraction of sp³-hybridized carbons (Fsp3) is 0.346. The lowest BCUT2D eigenvalue weighted by molar-refractivity contribution is -0.136.